The minimum atomic E-state index is -0.211. The van der Waals surface area contributed by atoms with Gasteiger partial charge in [-0.05, 0) is 37.7 Å². The van der Waals surface area contributed by atoms with Crippen molar-refractivity contribution in [3.05, 3.63) is 114 Å². The first-order valence-electron chi connectivity index (χ1n) is 11.7. The van der Waals surface area contributed by atoms with E-state index in [1.807, 2.05) is 93.0 Å². The maximum absolute atomic E-state index is 13.1. The van der Waals surface area contributed by atoms with Gasteiger partial charge in [0.15, 0.2) is 11.0 Å². The average Bonchev–Trinajstić information content (AvgIpc) is 3.29. The number of nitrogens with zero attached hydrogens (tertiary/aromatic N) is 4. The van der Waals surface area contributed by atoms with Gasteiger partial charge >= 0.3 is 0 Å². The van der Waals surface area contributed by atoms with Crippen molar-refractivity contribution in [3.63, 3.8) is 0 Å². The fraction of sp³-hybridized carbons (Fsp3) is 0.250. The van der Waals surface area contributed by atoms with E-state index in [0.29, 0.717) is 6.54 Å². The minimum absolute atomic E-state index is 0.0517. The fourth-order valence-corrected chi connectivity index (χ4v) is 4.60. The Morgan fingerprint density at radius 3 is 1.97 bits per heavy atom. The van der Waals surface area contributed by atoms with Gasteiger partial charge in [-0.1, -0.05) is 103 Å². The summed E-state index contributed by atoms with van der Waals surface area (Å²) in [7, 11) is 4.06. The lowest BCUT2D eigenvalue weighted by Crippen LogP contribution is -2.30. The Bertz CT molecular complexity index is 1170. The summed E-state index contributed by atoms with van der Waals surface area (Å²) in [6.45, 7) is 2.76. The molecular weight excluding hydrogens is 454 g/mol. The van der Waals surface area contributed by atoms with Crippen LogP contribution in [0.1, 0.15) is 41.5 Å². The Labute approximate surface area is 211 Å². The first kappa shape index (κ1) is 24.7. The lowest BCUT2D eigenvalue weighted by atomic mass is 9.99. The highest BCUT2D eigenvalue weighted by molar-refractivity contribution is 7.99. The number of hydrogen-bond donors (Lipinski definition) is 1. The number of carbonyl (C=O) groups is 1. The third-order valence-corrected chi connectivity index (χ3v) is 6.95. The predicted molar refractivity (Wildman–Crippen MR) is 141 cm³/mol. The zero-order valence-corrected chi connectivity index (χ0v) is 21.2. The molecule has 35 heavy (non-hydrogen) atoms. The molecule has 0 aliphatic heterocycles. The molecule has 4 rings (SSSR count). The largest absolute Gasteiger partial charge is 0.344 e. The number of benzene rings is 3. The van der Waals surface area contributed by atoms with Crippen LogP contribution in [0.5, 0.6) is 0 Å². The van der Waals surface area contributed by atoms with E-state index in [1.165, 1.54) is 17.3 Å². The van der Waals surface area contributed by atoms with Crippen molar-refractivity contribution in [1.29, 1.82) is 0 Å². The summed E-state index contributed by atoms with van der Waals surface area (Å²) >= 11 is 1.42. The predicted octanol–water partition coefficient (Wildman–Crippen LogP) is 4.95. The summed E-state index contributed by atoms with van der Waals surface area (Å²) in [5, 5.41) is 12.9. The second-order valence-electron chi connectivity index (χ2n) is 8.66. The van der Waals surface area contributed by atoms with Gasteiger partial charge in [-0.3, -0.25) is 9.69 Å². The molecule has 0 bridgehead atoms. The van der Waals surface area contributed by atoms with E-state index in [2.05, 4.69) is 44.0 Å². The van der Waals surface area contributed by atoms with E-state index in [-0.39, 0.29) is 23.7 Å². The van der Waals surface area contributed by atoms with Crippen LogP contribution in [-0.2, 0) is 11.3 Å². The zero-order chi connectivity index (χ0) is 24.6. The quantitative estimate of drug-likeness (QED) is 0.322. The van der Waals surface area contributed by atoms with E-state index < -0.39 is 0 Å². The molecule has 1 heterocycles. The Morgan fingerprint density at radius 1 is 0.886 bits per heavy atom. The van der Waals surface area contributed by atoms with Crippen molar-refractivity contribution in [2.45, 2.75) is 30.7 Å². The number of amides is 1. The van der Waals surface area contributed by atoms with Crippen LogP contribution in [0.3, 0.4) is 0 Å². The molecule has 1 atom stereocenters. The van der Waals surface area contributed by atoms with Crippen LogP contribution in [0.4, 0.5) is 0 Å². The van der Waals surface area contributed by atoms with Crippen molar-refractivity contribution in [3.8, 4) is 0 Å². The summed E-state index contributed by atoms with van der Waals surface area (Å²) in [5.74, 6) is 1.08. The summed E-state index contributed by atoms with van der Waals surface area (Å²) in [6.07, 6.45) is 0. The van der Waals surface area contributed by atoms with Crippen LogP contribution in [0.15, 0.2) is 96.2 Å². The molecule has 1 aromatic heterocycles. The summed E-state index contributed by atoms with van der Waals surface area (Å²) in [4.78, 5) is 15.2. The Kier molecular flexibility index (Phi) is 8.34. The fourth-order valence-electron chi connectivity index (χ4n) is 3.84. The Hall–Kier alpha value is -3.42. The molecule has 0 aliphatic carbocycles. The molecule has 3 aromatic carbocycles. The molecule has 0 saturated carbocycles. The number of aromatic nitrogens is 3. The van der Waals surface area contributed by atoms with Gasteiger partial charge in [0.1, 0.15) is 0 Å². The third-order valence-electron chi connectivity index (χ3n) is 5.98. The molecule has 1 amide bonds. The molecule has 0 fully saturated rings. The van der Waals surface area contributed by atoms with Crippen LogP contribution in [0.25, 0.3) is 0 Å². The first-order valence-corrected chi connectivity index (χ1v) is 12.7. The van der Waals surface area contributed by atoms with E-state index >= 15 is 0 Å². The van der Waals surface area contributed by atoms with E-state index in [9.17, 15) is 4.79 Å². The van der Waals surface area contributed by atoms with E-state index in [0.717, 1.165) is 22.1 Å². The van der Waals surface area contributed by atoms with E-state index in [1.54, 1.807) is 0 Å². The normalized spacial score (nSPS) is 12.1. The van der Waals surface area contributed by atoms with E-state index in [4.69, 9.17) is 0 Å². The molecular formula is C28H31N5OS. The van der Waals surface area contributed by atoms with Gasteiger partial charge in [0, 0.05) is 0 Å². The highest BCUT2D eigenvalue weighted by Crippen LogP contribution is 2.25. The Morgan fingerprint density at radius 2 is 1.43 bits per heavy atom. The number of nitrogens with one attached hydrogen (secondary N) is 1. The molecule has 0 radical (unpaired) electrons. The molecule has 7 heteroatoms. The minimum Gasteiger partial charge on any atom is -0.344 e. The first-order chi connectivity index (χ1) is 17.0. The van der Waals surface area contributed by atoms with Crippen LogP contribution >= 0.6 is 11.8 Å². The van der Waals surface area contributed by atoms with Gasteiger partial charge < -0.3 is 9.88 Å². The monoisotopic (exact) mass is 485 g/mol. The highest BCUT2D eigenvalue weighted by atomic mass is 32.2. The molecule has 1 N–H and O–H groups in total. The standard InChI is InChI=1S/C28H31N5OS/c1-21(32(2)3)27-30-31-28(33(27)19-22-13-7-4-8-14-22)35-20-25(34)29-26(23-15-9-5-10-16-23)24-17-11-6-12-18-24/h4-18,21,26H,19-20H2,1-3H3,(H,29,34)/t21-/m0/s1. The van der Waals surface area contributed by atoms with Crippen LogP contribution in [-0.4, -0.2) is 45.4 Å². The second-order valence-corrected chi connectivity index (χ2v) is 9.61. The van der Waals surface area contributed by atoms with Crippen LogP contribution < -0.4 is 5.32 Å². The number of carbonyl (C=O) groups excluding carboxylic acids is 1. The maximum atomic E-state index is 13.1. The molecule has 0 unspecified atom stereocenters. The second kappa shape index (κ2) is 11.8. The topological polar surface area (TPSA) is 63.1 Å². The van der Waals surface area contributed by atoms with Crippen molar-refractivity contribution in [1.82, 2.24) is 25.0 Å². The van der Waals surface area contributed by atoms with Crippen LogP contribution in [0, 0.1) is 0 Å². The van der Waals surface area contributed by atoms with Crippen molar-refractivity contribution in [2.24, 2.45) is 0 Å². The Balaban J connectivity index is 1.51. The van der Waals surface area contributed by atoms with Gasteiger partial charge in [-0.25, -0.2) is 0 Å². The average molecular weight is 486 g/mol. The molecule has 4 aromatic rings. The molecule has 180 valence electrons. The van der Waals surface area contributed by atoms with Gasteiger partial charge in [0.2, 0.25) is 5.91 Å². The third kappa shape index (κ3) is 6.38. The van der Waals surface area contributed by atoms with Gasteiger partial charge in [-0.15, -0.1) is 10.2 Å². The SMILES string of the molecule is C[C@@H](c1nnc(SCC(=O)NC(c2ccccc2)c2ccccc2)n1Cc1ccccc1)N(C)C. The maximum Gasteiger partial charge on any atom is 0.231 e. The molecule has 0 spiro atoms. The highest BCUT2D eigenvalue weighted by Gasteiger charge is 2.22. The summed E-state index contributed by atoms with van der Waals surface area (Å²) in [6, 6.07) is 30.2. The molecule has 6 nitrogen and oxygen atoms in total. The molecule has 0 saturated heterocycles. The van der Waals surface area contributed by atoms with Gasteiger partial charge in [0.25, 0.3) is 0 Å². The summed E-state index contributed by atoms with van der Waals surface area (Å²) < 4.78 is 2.11. The smallest absolute Gasteiger partial charge is 0.231 e. The van der Waals surface area contributed by atoms with Gasteiger partial charge in [0.05, 0.1) is 24.4 Å². The van der Waals surface area contributed by atoms with Gasteiger partial charge in [-0.2, -0.15) is 0 Å². The number of thioether (sulfide) groups is 1. The zero-order valence-electron chi connectivity index (χ0n) is 20.3. The summed E-state index contributed by atoms with van der Waals surface area (Å²) in [5.41, 5.74) is 3.26. The van der Waals surface area contributed by atoms with Crippen molar-refractivity contribution < 1.29 is 4.79 Å². The lowest BCUT2D eigenvalue weighted by molar-refractivity contribution is -0.119. The number of hydrogen-bond acceptors (Lipinski definition) is 5. The molecule has 0 aliphatic rings. The van der Waals surface area contributed by atoms with Crippen molar-refractivity contribution in [2.75, 3.05) is 19.8 Å². The van der Waals surface area contributed by atoms with Crippen LogP contribution in [0.2, 0.25) is 0 Å². The number of rotatable bonds is 10. The lowest BCUT2D eigenvalue weighted by Gasteiger charge is -2.21. The van der Waals surface area contributed by atoms with Crippen molar-refractivity contribution >= 4 is 17.7 Å².